The first-order valence-electron chi connectivity index (χ1n) is 0.492. The number of halogens is 2. The molecular formula is H2AlCl2Cu. The van der Waals surface area contributed by atoms with Crippen LogP contribution in [0.2, 0.25) is 0 Å². The Hall–Kier alpha value is 1.63. The first-order chi connectivity index (χ1) is 2.00. The van der Waals surface area contributed by atoms with Crippen LogP contribution >= 0.6 is 20.1 Å². The topological polar surface area (TPSA) is 0 Å². The minimum absolute atomic E-state index is 0.778. The summed E-state index contributed by atoms with van der Waals surface area (Å²) in [6.07, 6.45) is 0. The molecule has 0 spiro atoms. The third kappa shape index (κ3) is 9.45. The van der Waals surface area contributed by atoms with Gasteiger partial charge in [-0.25, -0.2) is 0 Å². The molecule has 0 saturated carbocycles. The van der Waals surface area contributed by atoms with Gasteiger partial charge in [0.1, 0.15) is 0 Å². The van der Waals surface area contributed by atoms with Crippen molar-refractivity contribution in [3.8, 4) is 0 Å². The molecule has 0 aliphatic rings. The fraction of sp³-hybridized carbons (Fsp3) is 0. The zero-order valence-corrected chi connectivity index (χ0v) is 6.51. The second kappa shape index (κ2) is 22.9. The zero-order valence-electron chi connectivity index (χ0n) is 2.06. The number of hydrogen-bond acceptors (Lipinski definition) is 0. The summed E-state index contributed by atoms with van der Waals surface area (Å²) in [6, 6.07) is 0. The van der Waals surface area contributed by atoms with Crippen molar-refractivity contribution in [1.82, 2.24) is 0 Å². The van der Waals surface area contributed by atoms with Crippen LogP contribution in [0.3, 0.4) is 0 Å². The SMILES string of the molecule is [AlH2][Cl].[Cl][Cu]. The van der Waals surface area contributed by atoms with Crippen LogP contribution < -0.4 is 0 Å². The van der Waals surface area contributed by atoms with E-state index in [1.807, 2.05) is 0 Å². The van der Waals surface area contributed by atoms with Gasteiger partial charge >= 0.3 is 40.6 Å². The molecule has 4 heavy (non-hydrogen) atoms. The quantitative estimate of drug-likeness (QED) is 0.455. The normalized spacial score (nSPS) is 3.00. The Balaban J connectivity index is 0. The van der Waals surface area contributed by atoms with E-state index < -0.39 is 0 Å². The fourth-order valence-electron chi connectivity index (χ4n) is 0. The van der Waals surface area contributed by atoms with Gasteiger partial charge in [0, 0.05) is 0 Å². The monoisotopic (exact) mass is 162 g/mol. The molecule has 0 bridgehead atoms. The average Bonchev–Trinajstić information content (AvgIpc) is 1.50. The molecule has 0 rings (SSSR count). The third-order valence-corrected chi connectivity index (χ3v) is 0. The van der Waals surface area contributed by atoms with Crippen LogP contribution in [0, 0.1) is 0 Å². The molecular weight excluding hydrogens is 161 g/mol. The molecule has 0 aromatic rings. The van der Waals surface area contributed by atoms with Gasteiger partial charge in [-0.3, -0.25) is 10.0 Å². The predicted octanol–water partition coefficient (Wildman–Crippen LogP) is 0.460. The van der Waals surface area contributed by atoms with Crippen molar-refractivity contribution < 1.29 is 15.1 Å². The summed E-state index contributed by atoms with van der Waals surface area (Å²) in [6.45, 7) is 0. The summed E-state index contributed by atoms with van der Waals surface area (Å²) >= 11 is 4.44. The van der Waals surface area contributed by atoms with Crippen LogP contribution in [0.1, 0.15) is 0 Å². The standard InChI is InChI=1S/Al.2ClH.Cu.2H/h;2*1H;;;/q+1;;;+1;;/p-2. The molecule has 0 radical (unpaired) electrons. The molecule has 0 atom stereocenters. The first-order valence-corrected chi connectivity index (χ1v) is 4.81. The fourth-order valence-corrected chi connectivity index (χ4v) is 0. The summed E-state index contributed by atoms with van der Waals surface area (Å²) in [5, 5.41) is 0. The van der Waals surface area contributed by atoms with E-state index in [1.165, 1.54) is 0 Å². The number of hydrogen-bond donors (Lipinski definition) is 0. The molecule has 30 valence electrons. The van der Waals surface area contributed by atoms with Gasteiger partial charge in [0.25, 0.3) is 0 Å². The molecule has 0 nitrogen and oxygen atoms in total. The van der Waals surface area contributed by atoms with E-state index in [9.17, 15) is 0 Å². The van der Waals surface area contributed by atoms with E-state index >= 15 is 0 Å². The van der Waals surface area contributed by atoms with Gasteiger partial charge in [-0.15, -0.1) is 0 Å². The van der Waals surface area contributed by atoms with Crippen LogP contribution in [0.5, 0.6) is 0 Å². The van der Waals surface area contributed by atoms with Crippen LogP contribution in [0.15, 0.2) is 0 Å². The molecule has 0 unspecified atom stereocenters. The van der Waals surface area contributed by atoms with Crippen molar-refractivity contribution in [2.24, 2.45) is 0 Å². The Morgan fingerprint density at radius 3 is 1.25 bits per heavy atom. The number of rotatable bonds is 0. The van der Waals surface area contributed by atoms with Crippen LogP contribution in [-0.4, -0.2) is 15.4 Å². The molecule has 0 N–H and O–H groups in total. The third-order valence-electron chi connectivity index (χ3n) is 0. The molecule has 4 heteroatoms. The molecule has 0 aliphatic carbocycles. The molecule has 0 fully saturated rings. The van der Waals surface area contributed by atoms with Gasteiger partial charge in [0.2, 0.25) is 0 Å². The Labute approximate surface area is 50.5 Å². The van der Waals surface area contributed by atoms with Crippen LogP contribution in [-0.2, 0) is 15.1 Å². The maximum absolute atomic E-state index is 4.78. The molecule has 0 aromatic heterocycles. The second-order valence-corrected chi connectivity index (χ2v) is 0. The Kier molecular flexibility index (Phi) is 52.5. The molecule has 0 aliphatic heterocycles. The van der Waals surface area contributed by atoms with E-state index in [0.29, 0.717) is 0 Å². The van der Waals surface area contributed by atoms with Crippen LogP contribution in [0.4, 0.5) is 0 Å². The van der Waals surface area contributed by atoms with Gasteiger partial charge in [0.15, 0.2) is 0 Å². The van der Waals surface area contributed by atoms with E-state index in [-0.39, 0.29) is 0 Å². The molecule has 0 aromatic carbocycles. The summed E-state index contributed by atoms with van der Waals surface area (Å²) in [5.41, 5.74) is 0. The molecule has 0 saturated heterocycles. The van der Waals surface area contributed by atoms with Crippen molar-refractivity contribution in [3.05, 3.63) is 0 Å². The predicted molar refractivity (Wildman–Crippen MR) is 20.2 cm³/mol. The van der Waals surface area contributed by atoms with Gasteiger partial charge in [-0.2, -0.15) is 0 Å². The van der Waals surface area contributed by atoms with Crippen molar-refractivity contribution >= 4 is 35.5 Å². The van der Waals surface area contributed by atoms with Crippen molar-refractivity contribution in [3.63, 3.8) is 0 Å². The maximum atomic E-state index is 4.78. The van der Waals surface area contributed by atoms with Crippen molar-refractivity contribution in [1.29, 1.82) is 0 Å². The molecule has 0 heterocycles. The summed E-state index contributed by atoms with van der Waals surface area (Å²) in [4.78, 5) is 0. The summed E-state index contributed by atoms with van der Waals surface area (Å²) in [5.74, 6) is 0. The average molecular weight is 163 g/mol. The van der Waals surface area contributed by atoms with E-state index in [0.717, 1.165) is 15.4 Å². The molecule has 0 amide bonds. The van der Waals surface area contributed by atoms with Gasteiger partial charge in [0.05, 0.1) is 0 Å². The summed E-state index contributed by atoms with van der Waals surface area (Å²) in [7, 11) is 8.98. The Morgan fingerprint density at radius 2 is 1.25 bits per heavy atom. The minimum atomic E-state index is 0.778. The van der Waals surface area contributed by atoms with Crippen molar-refractivity contribution in [2.75, 3.05) is 0 Å². The first kappa shape index (κ1) is 9.16. The van der Waals surface area contributed by atoms with E-state index in [1.54, 1.807) is 0 Å². The van der Waals surface area contributed by atoms with Crippen LogP contribution in [0.25, 0.3) is 0 Å². The van der Waals surface area contributed by atoms with Crippen molar-refractivity contribution in [2.45, 2.75) is 0 Å². The van der Waals surface area contributed by atoms with E-state index in [2.05, 4.69) is 25.2 Å². The Morgan fingerprint density at radius 1 is 1.25 bits per heavy atom. The van der Waals surface area contributed by atoms with Gasteiger partial charge in [-0.05, 0) is 0 Å². The zero-order chi connectivity index (χ0) is 4.00. The second-order valence-electron chi connectivity index (χ2n) is 0. The Bertz CT molecular complexity index is 6.00. The van der Waals surface area contributed by atoms with E-state index in [4.69, 9.17) is 10.0 Å². The van der Waals surface area contributed by atoms with Gasteiger partial charge < -0.3 is 0 Å². The van der Waals surface area contributed by atoms with Gasteiger partial charge in [-0.1, -0.05) is 0 Å². The summed E-state index contributed by atoms with van der Waals surface area (Å²) < 4.78 is 0.